The van der Waals surface area contributed by atoms with E-state index in [0.29, 0.717) is 23.1 Å². The Kier molecular flexibility index (Phi) is 6.79. The number of ether oxygens (including phenoxy) is 1. The number of carbonyl (C=O) groups excluding carboxylic acids is 1. The van der Waals surface area contributed by atoms with E-state index in [0.717, 1.165) is 6.54 Å². The molecule has 0 atom stereocenters. The molecule has 0 aliphatic carbocycles. The summed E-state index contributed by atoms with van der Waals surface area (Å²) < 4.78 is 5.12. The van der Waals surface area contributed by atoms with Crippen LogP contribution in [0.2, 0.25) is 0 Å². The lowest BCUT2D eigenvalue weighted by Gasteiger charge is -2.23. The van der Waals surface area contributed by atoms with E-state index in [9.17, 15) is 4.79 Å². The van der Waals surface area contributed by atoms with Crippen LogP contribution in [0.1, 0.15) is 13.8 Å². The van der Waals surface area contributed by atoms with E-state index in [1.54, 1.807) is 13.2 Å². The summed E-state index contributed by atoms with van der Waals surface area (Å²) >= 11 is 5.21. The normalized spacial score (nSPS) is 9.75. The second-order valence-electron chi connectivity index (χ2n) is 4.13. The predicted octanol–water partition coefficient (Wildman–Crippen LogP) is 1.85. The van der Waals surface area contributed by atoms with Crippen LogP contribution in [0, 0.1) is 0 Å². The highest BCUT2D eigenvalue weighted by Crippen LogP contribution is 2.16. The third kappa shape index (κ3) is 5.05. The van der Waals surface area contributed by atoms with E-state index in [1.165, 1.54) is 0 Å². The number of nitrogens with one attached hydrogen (secondary N) is 2. The monoisotopic (exact) mass is 295 g/mol. The number of hydrogen-bond donors (Lipinski definition) is 2. The number of nitrogens with zero attached hydrogens (tertiary/aromatic N) is 1. The molecule has 6 heteroatoms. The molecule has 1 aromatic carbocycles. The van der Waals surface area contributed by atoms with Crippen LogP contribution in [0.3, 0.4) is 0 Å². The molecule has 0 bridgehead atoms. The van der Waals surface area contributed by atoms with Gasteiger partial charge in [-0.3, -0.25) is 4.79 Å². The highest BCUT2D eigenvalue weighted by molar-refractivity contribution is 7.80. The first-order valence-electron chi connectivity index (χ1n) is 6.57. The summed E-state index contributed by atoms with van der Waals surface area (Å²) in [5, 5.41) is 6.47. The van der Waals surface area contributed by atoms with Gasteiger partial charge in [0.05, 0.1) is 13.7 Å². The predicted molar refractivity (Wildman–Crippen MR) is 85.1 cm³/mol. The maximum atomic E-state index is 12.0. The number of anilines is 1. The van der Waals surface area contributed by atoms with Crippen LogP contribution >= 0.6 is 12.2 Å². The first-order chi connectivity index (χ1) is 9.60. The van der Waals surface area contributed by atoms with Crippen molar-refractivity contribution in [3.05, 3.63) is 24.3 Å². The lowest BCUT2D eigenvalue weighted by atomic mass is 10.3. The third-order valence-electron chi connectivity index (χ3n) is 2.68. The minimum absolute atomic E-state index is 0.111. The number of hydrogen-bond acceptors (Lipinski definition) is 3. The maximum Gasteiger partial charge on any atom is 0.243 e. The van der Waals surface area contributed by atoms with Gasteiger partial charge in [-0.15, -0.1) is 0 Å². The Hall–Kier alpha value is -1.82. The summed E-state index contributed by atoms with van der Waals surface area (Å²) in [6.45, 7) is 5.57. The molecular formula is C14H21N3O2S. The molecule has 0 spiro atoms. The Balaban J connectivity index is 2.59. The van der Waals surface area contributed by atoms with E-state index >= 15 is 0 Å². The van der Waals surface area contributed by atoms with Gasteiger partial charge in [-0.2, -0.15) is 0 Å². The van der Waals surface area contributed by atoms with Gasteiger partial charge in [-0.05, 0) is 38.2 Å². The summed E-state index contributed by atoms with van der Waals surface area (Å²) in [5.74, 6) is 0.596. The summed E-state index contributed by atoms with van der Waals surface area (Å²) in [7, 11) is 1.59. The van der Waals surface area contributed by atoms with Crippen LogP contribution in [0.25, 0.3) is 0 Å². The molecule has 0 radical (unpaired) electrons. The minimum Gasteiger partial charge on any atom is -0.497 e. The molecule has 0 fully saturated rings. The van der Waals surface area contributed by atoms with Crippen molar-refractivity contribution in [2.45, 2.75) is 13.8 Å². The van der Waals surface area contributed by atoms with Gasteiger partial charge in [0.2, 0.25) is 5.91 Å². The smallest absolute Gasteiger partial charge is 0.243 e. The van der Waals surface area contributed by atoms with Crippen LogP contribution in [0.15, 0.2) is 24.3 Å². The van der Waals surface area contributed by atoms with E-state index in [1.807, 2.05) is 36.9 Å². The largest absolute Gasteiger partial charge is 0.497 e. The number of carbonyl (C=O) groups is 1. The Labute approximate surface area is 125 Å². The number of amides is 1. The zero-order valence-electron chi connectivity index (χ0n) is 12.1. The molecule has 0 heterocycles. The molecule has 2 N–H and O–H groups in total. The van der Waals surface area contributed by atoms with E-state index in [2.05, 4.69) is 10.6 Å². The Morgan fingerprint density at radius 3 is 2.75 bits per heavy atom. The SMILES string of the molecule is CCNC(=S)N(CC)CC(=O)Nc1cccc(OC)c1. The molecule has 0 saturated heterocycles. The molecule has 1 rings (SSSR count). The Morgan fingerprint density at radius 1 is 1.40 bits per heavy atom. The zero-order chi connectivity index (χ0) is 15.0. The fourth-order valence-electron chi connectivity index (χ4n) is 1.66. The quantitative estimate of drug-likeness (QED) is 0.785. The molecule has 0 aliphatic heterocycles. The average molecular weight is 295 g/mol. The van der Waals surface area contributed by atoms with Gasteiger partial charge in [0, 0.05) is 24.8 Å². The second kappa shape index (κ2) is 8.37. The fraction of sp³-hybridized carbons (Fsp3) is 0.429. The molecule has 0 saturated carbocycles. The van der Waals surface area contributed by atoms with E-state index in [4.69, 9.17) is 17.0 Å². The van der Waals surface area contributed by atoms with Crippen molar-refractivity contribution in [3.63, 3.8) is 0 Å². The molecule has 20 heavy (non-hydrogen) atoms. The maximum absolute atomic E-state index is 12.0. The van der Waals surface area contributed by atoms with Crippen molar-refractivity contribution in [2.24, 2.45) is 0 Å². The molecular weight excluding hydrogens is 274 g/mol. The highest BCUT2D eigenvalue weighted by atomic mass is 32.1. The van der Waals surface area contributed by atoms with Gasteiger partial charge in [0.15, 0.2) is 5.11 Å². The van der Waals surface area contributed by atoms with Gasteiger partial charge in [-0.1, -0.05) is 6.07 Å². The molecule has 0 aliphatic rings. The first kappa shape index (κ1) is 16.2. The molecule has 110 valence electrons. The number of methoxy groups -OCH3 is 1. The van der Waals surface area contributed by atoms with Gasteiger partial charge < -0.3 is 20.3 Å². The number of rotatable bonds is 6. The average Bonchev–Trinajstić information content (AvgIpc) is 2.45. The second-order valence-corrected chi connectivity index (χ2v) is 4.52. The van der Waals surface area contributed by atoms with Crippen LogP contribution < -0.4 is 15.4 Å². The van der Waals surface area contributed by atoms with Crippen molar-refractivity contribution in [1.29, 1.82) is 0 Å². The van der Waals surface area contributed by atoms with E-state index < -0.39 is 0 Å². The van der Waals surface area contributed by atoms with Gasteiger partial charge >= 0.3 is 0 Å². The molecule has 1 aromatic rings. The topological polar surface area (TPSA) is 53.6 Å². The van der Waals surface area contributed by atoms with Gasteiger partial charge in [0.1, 0.15) is 5.75 Å². The van der Waals surface area contributed by atoms with Crippen molar-refractivity contribution in [1.82, 2.24) is 10.2 Å². The Morgan fingerprint density at radius 2 is 2.15 bits per heavy atom. The molecule has 0 aromatic heterocycles. The number of thiocarbonyl (C=S) groups is 1. The summed E-state index contributed by atoms with van der Waals surface area (Å²) in [6.07, 6.45) is 0. The third-order valence-corrected chi connectivity index (χ3v) is 3.09. The first-order valence-corrected chi connectivity index (χ1v) is 6.98. The van der Waals surface area contributed by atoms with Crippen molar-refractivity contribution < 1.29 is 9.53 Å². The minimum atomic E-state index is -0.111. The molecule has 5 nitrogen and oxygen atoms in total. The van der Waals surface area contributed by atoms with Gasteiger partial charge in [0.25, 0.3) is 0 Å². The lowest BCUT2D eigenvalue weighted by Crippen LogP contribution is -2.43. The highest BCUT2D eigenvalue weighted by Gasteiger charge is 2.12. The zero-order valence-corrected chi connectivity index (χ0v) is 12.9. The van der Waals surface area contributed by atoms with Gasteiger partial charge in [-0.25, -0.2) is 0 Å². The molecule has 1 amide bonds. The van der Waals surface area contributed by atoms with Crippen molar-refractivity contribution >= 4 is 28.9 Å². The fourth-order valence-corrected chi connectivity index (χ4v) is 2.00. The van der Waals surface area contributed by atoms with Crippen LogP contribution in [0.4, 0.5) is 5.69 Å². The van der Waals surface area contributed by atoms with Crippen molar-refractivity contribution in [2.75, 3.05) is 32.1 Å². The van der Waals surface area contributed by atoms with Crippen molar-refractivity contribution in [3.8, 4) is 5.75 Å². The van der Waals surface area contributed by atoms with Crippen LogP contribution in [-0.2, 0) is 4.79 Å². The summed E-state index contributed by atoms with van der Waals surface area (Å²) in [4.78, 5) is 13.8. The standard InChI is InChI=1S/C14H21N3O2S/c1-4-15-14(20)17(5-2)10-13(18)16-11-7-6-8-12(9-11)19-3/h6-9H,4-5,10H2,1-3H3,(H,15,20)(H,16,18). The lowest BCUT2D eigenvalue weighted by molar-refractivity contribution is -0.116. The van der Waals surface area contributed by atoms with Crippen LogP contribution in [-0.4, -0.2) is 42.7 Å². The molecule has 0 unspecified atom stereocenters. The number of benzene rings is 1. The van der Waals surface area contributed by atoms with E-state index in [-0.39, 0.29) is 12.5 Å². The number of likely N-dealkylation sites (N-methyl/N-ethyl adjacent to an activating group) is 1. The summed E-state index contributed by atoms with van der Waals surface area (Å²) in [5.41, 5.74) is 0.708. The Bertz CT molecular complexity index is 465. The van der Waals surface area contributed by atoms with Crippen LogP contribution in [0.5, 0.6) is 5.75 Å². The summed E-state index contributed by atoms with van der Waals surface area (Å²) in [6, 6.07) is 7.25.